The van der Waals surface area contributed by atoms with Crippen molar-refractivity contribution in [3.63, 3.8) is 0 Å². The number of hydroxylamine groups is 1. The van der Waals surface area contributed by atoms with Gasteiger partial charge in [0.1, 0.15) is 5.78 Å². The van der Waals surface area contributed by atoms with Gasteiger partial charge in [-0.15, -0.1) is 0 Å². The average molecular weight is 198 g/mol. The zero-order valence-electron chi connectivity index (χ0n) is 8.53. The van der Waals surface area contributed by atoms with Crippen molar-refractivity contribution in [2.45, 2.75) is 38.6 Å². The Morgan fingerprint density at radius 3 is 3.07 bits per heavy atom. The summed E-state index contributed by atoms with van der Waals surface area (Å²) in [6.45, 7) is 2.08. The topological polar surface area (TPSA) is 64.3 Å². The lowest BCUT2D eigenvalue weighted by Gasteiger charge is -2.15. The Bertz CT molecular complexity index is 216. The lowest BCUT2D eigenvalue weighted by molar-refractivity contribution is -0.121. The van der Waals surface area contributed by atoms with Gasteiger partial charge < -0.3 is 0 Å². The quantitative estimate of drug-likeness (QED) is 0.512. The molecular formula is C10H18N2O2. The summed E-state index contributed by atoms with van der Waals surface area (Å²) in [5.41, 5.74) is 2.67. The van der Waals surface area contributed by atoms with Gasteiger partial charge in [-0.25, -0.2) is 4.94 Å². The maximum atomic E-state index is 11.5. The van der Waals surface area contributed by atoms with Crippen molar-refractivity contribution in [2.75, 3.05) is 0 Å². The van der Waals surface area contributed by atoms with Gasteiger partial charge in [0.2, 0.25) is 0 Å². The highest BCUT2D eigenvalue weighted by atomic mass is 16.8. The van der Waals surface area contributed by atoms with Crippen LogP contribution in [-0.4, -0.2) is 11.8 Å². The summed E-state index contributed by atoms with van der Waals surface area (Å²) in [6, 6.07) is 0.0778. The summed E-state index contributed by atoms with van der Waals surface area (Å²) in [5, 5.41) is 0. The lowest BCUT2D eigenvalue weighted by atomic mass is 9.99. The fourth-order valence-corrected chi connectivity index (χ4v) is 1.84. The Morgan fingerprint density at radius 1 is 1.64 bits per heavy atom. The lowest BCUT2D eigenvalue weighted by Crippen LogP contribution is -2.36. The molecule has 1 aliphatic carbocycles. The Kier molecular flexibility index (Phi) is 4.79. The van der Waals surface area contributed by atoms with E-state index in [0.717, 1.165) is 19.3 Å². The van der Waals surface area contributed by atoms with Crippen LogP contribution in [0.25, 0.3) is 0 Å². The molecule has 0 amide bonds. The predicted octanol–water partition coefficient (Wildman–Crippen LogP) is 1.09. The first kappa shape index (κ1) is 11.4. The number of carbonyl (C=O) groups is 1. The molecule has 1 rings (SSSR count). The van der Waals surface area contributed by atoms with Gasteiger partial charge in [0.15, 0.2) is 0 Å². The van der Waals surface area contributed by atoms with Crippen LogP contribution in [0.2, 0.25) is 0 Å². The van der Waals surface area contributed by atoms with E-state index in [1.54, 1.807) is 0 Å². The third-order valence-electron chi connectivity index (χ3n) is 2.61. The normalized spacial score (nSPS) is 27.7. The Labute approximate surface area is 84.4 Å². The third-order valence-corrected chi connectivity index (χ3v) is 2.61. The minimum absolute atomic E-state index is 0.0290. The van der Waals surface area contributed by atoms with E-state index in [2.05, 4.69) is 29.5 Å². The zero-order chi connectivity index (χ0) is 10.4. The molecule has 0 aromatic rings. The highest BCUT2D eigenvalue weighted by molar-refractivity contribution is 5.84. The molecule has 2 atom stereocenters. The minimum Gasteiger partial charge on any atom is -0.299 e. The predicted molar refractivity (Wildman–Crippen MR) is 54.0 cm³/mol. The number of allylic oxidation sites excluding steroid dienone is 2. The first-order valence-corrected chi connectivity index (χ1v) is 5.08. The van der Waals surface area contributed by atoms with Gasteiger partial charge in [-0.3, -0.25) is 4.79 Å². The molecule has 0 radical (unpaired) electrons. The fourth-order valence-electron chi connectivity index (χ4n) is 1.84. The summed E-state index contributed by atoms with van der Waals surface area (Å²) >= 11 is 0. The van der Waals surface area contributed by atoms with Gasteiger partial charge >= 0.3 is 0 Å². The van der Waals surface area contributed by atoms with Crippen LogP contribution >= 0.6 is 0 Å². The Balaban J connectivity index is 2.44. The molecule has 0 heterocycles. The number of carbonyl (C=O) groups excluding carboxylic acids is 1. The highest BCUT2D eigenvalue weighted by Gasteiger charge is 2.33. The molecule has 0 aromatic carbocycles. The van der Waals surface area contributed by atoms with E-state index >= 15 is 0 Å². The van der Waals surface area contributed by atoms with Gasteiger partial charge in [-0.2, -0.15) is 11.4 Å². The molecule has 0 aliphatic heterocycles. The van der Waals surface area contributed by atoms with Crippen molar-refractivity contribution >= 4 is 5.78 Å². The van der Waals surface area contributed by atoms with Crippen molar-refractivity contribution in [3.8, 4) is 0 Å². The van der Waals surface area contributed by atoms with Crippen LogP contribution in [0, 0.1) is 5.92 Å². The van der Waals surface area contributed by atoms with E-state index in [1.807, 2.05) is 0 Å². The molecule has 1 saturated carbocycles. The van der Waals surface area contributed by atoms with Crippen molar-refractivity contribution in [3.05, 3.63) is 12.2 Å². The number of Topliss-reactive ketones (excluding diaryl/α,β-unsaturated/α-hetero) is 1. The molecule has 0 bridgehead atoms. The minimum atomic E-state index is 0.0290. The van der Waals surface area contributed by atoms with E-state index in [-0.39, 0.29) is 12.0 Å². The van der Waals surface area contributed by atoms with E-state index in [0.29, 0.717) is 12.2 Å². The number of ketones is 1. The molecular weight excluding hydrogens is 180 g/mol. The fraction of sp³-hybridized carbons (Fsp3) is 0.700. The maximum absolute atomic E-state index is 11.5. The second-order valence-corrected chi connectivity index (χ2v) is 3.57. The number of hydrogen-bond acceptors (Lipinski definition) is 4. The molecule has 14 heavy (non-hydrogen) atoms. The summed E-state index contributed by atoms with van der Waals surface area (Å²) in [7, 11) is 0. The van der Waals surface area contributed by atoms with E-state index in [4.69, 9.17) is 5.90 Å². The number of nitrogens with one attached hydrogen (secondary N) is 1. The van der Waals surface area contributed by atoms with Crippen molar-refractivity contribution in [1.82, 2.24) is 5.48 Å². The second kappa shape index (κ2) is 5.90. The third kappa shape index (κ3) is 2.90. The average Bonchev–Trinajstić information content (AvgIpc) is 2.50. The zero-order valence-corrected chi connectivity index (χ0v) is 8.53. The SMILES string of the molecule is CC/C=C\CC1C(=O)CCC1NON. The summed E-state index contributed by atoms with van der Waals surface area (Å²) in [5.74, 6) is 5.27. The number of rotatable bonds is 5. The number of nitrogens with two attached hydrogens (primary N) is 1. The first-order valence-electron chi connectivity index (χ1n) is 5.08. The molecule has 0 saturated heterocycles. The van der Waals surface area contributed by atoms with Crippen LogP contribution in [0.5, 0.6) is 0 Å². The van der Waals surface area contributed by atoms with Gasteiger partial charge in [0, 0.05) is 18.4 Å². The van der Waals surface area contributed by atoms with Crippen LogP contribution in [-0.2, 0) is 9.73 Å². The monoisotopic (exact) mass is 198 g/mol. The van der Waals surface area contributed by atoms with E-state index in [1.165, 1.54) is 0 Å². The van der Waals surface area contributed by atoms with Crippen molar-refractivity contribution in [1.29, 1.82) is 0 Å². The summed E-state index contributed by atoms with van der Waals surface area (Å²) < 4.78 is 0. The second-order valence-electron chi connectivity index (χ2n) is 3.57. The van der Waals surface area contributed by atoms with Crippen molar-refractivity contribution in [2.24, 2.45) is 11.8 Å². The van der Waals surface area contributed by atoms with Crippen LogP contribution in [0.15, 0.2) is 12.2 Å². The van der Waals surface area contributed by atoms with Crippen LogP contribution in [0.3, 0.4) is 0 Å². The van der Waals surface area contributed by atoms with Gasteiger partial charge in [-0.05, 0) is 19.3 Å². The molecule has 0 spiro atoms. The molecule has 4 heteroatoms. The Hall–Kier alpha value is -0.710. The largest absolute Gasteiger partial charge is 0.299 e. The standard InChI is InChI=1S/C10H18N2O2/c1-2-3-4-5-8-9(12-14-11)6-7-10(8)13/h3-4,8-9,12H,2,5-7,11H2,1H3/b4-3-. The van der Waals surface area contributed by atoms with Crippen molar-refractivity contribution < 1.29 is 9.73 Å². The first-order chi connectivity index (χ1) is 6.79. The number of hydrogen-bond donors (Lipinski definition) is 2. The molecule has 0 aromatic heterocycles. The Morgan fingerprint density at radius 2 is 2.43 bits per heavy atom. The molecule has 1 aliphatic rings. The van der Waals surface area contributed by atoms with Gasteiger partial charge in [0.25, 0.3) is 0 Å². The summed E-state index contributed by atoms with van der Waals surface area (Å²) in [4.78, 5) is 15.9. The van der Waals surface area contributed by atoms with Gasteiger partial charge in [-0.1, -0.05) is 19.1 Å². The smallest absolute Gasteiger partial charge is 0.137 e. The van der Waals surface area contributed by atoms with Crippen LogP contribution in [0.4, 0.5) is 0 Å². The van der Waals surface area contributed by atoms with E-state index < -0.39 is 0 Å². The molecule has 80 valence electrons. The molecule has 1 fully saturated rings. The molecule has 2 unspecified atom stereocenters. The summed E-state index contributed by atoms with van der Waals surface area (Å²) in [6.07, 6.45) is 7.37. The maximum Gasteiger partial charge on any atom is 0.137 e. The molecule has 3 N–H and O–H groups in total. The van der Waals surface area contributed by atoms with E-state index in [9.17, 15) is 4.79 Å². The molecule has 4 nitrogen and oxygen atoms in total. The van der Waals surface area contributed by atoms with Crippen LogP contribution < -0.4 is 11.4 Å². The van der Waals surface area contributed by atoms with Gasteiger partial charge in [0.05, 0.1) is 0 Å². The van der Waals surface area contributed by atoms with Crippen LogP contribution in [0.1, 0.15) is 32.6 Å². The highest BCUT2D eigenvalue weighted by Crippen LogP contribution is 2.25.